The van der Waals surface area contributed by atoms with Gasteiger partial charge in [0.15, 0.2) is 5.96 Å². The number of guanidine groups is 1. The highest BCUT2D eigenvalue weighted by molar-refractivity contribution is 5.79. The third-order valence-corrected chi connectivity index (χ3v) is 4.15. The van der Waals surface area contributed by atoms with Crippen LogP contribution in [-0.4, -0.2) is 34.9 Å². The first-order valence-corrected chi connectivity index (χ1v) is 8.76. The SMILES string of the molecule is CN=C(NCc1ccc(OC)nc1)NCc1ccccc1Cn1cccn1. The van der Waals surface area contributed by atoms with Crippen LogP contribution in [0.1, 0.15) is 16.7 Å². The molecule has 0 atom stereocenters. The van der Waals surface area contributed by atoms with E-state index in [1.54, 1.807) is 26.6 Å². The molecule has 7 heteroatoms. The molecular weight excluding hydrogens is 340 g/mol. The van der Waals surface area contributed by atoms with Crippen LogP contribution in [0.15, 0.2) is 66.0 Å². The maximum Gasteiger partial charge on any atom is 0.212 e. The summed E-state index contributed by atoms with van der Waals surface area (Å²) in [6.07, 6.45) is 5.55. The molecule has 27 heavy (non-hydrogen) atoms. The van der Waals surface area contributed by atoms with Gasteiger partial charge in [-0.3, -0.25) is 9.67 Å². The van der Waals surface area contributed by atoms with Crippen LogP contribution in [0.25, 0.3) is 0 Å². The number of pyridine rings is 1. The maximum atomic E-state index is 5.08. The second-order valence-electron chi connectivity index (χ2n) is 5.96. The predicted octanol–water partition coefficient (Wildman–Crippen LogP) is 2.20. The number of ether oxygens (including phenoxy) is 1. The Morgan fingerprint density at radius 3 is 2.56 bits per heavy atom. The number of hydrogen-bond donors (Lipinski definition) is 2. The minimum Gasteiger partial charge on any atom is -0.481 e. The molecule has 0 unspecified atom stereocenters. The van der Waals surface area contributed by atoms with E-state index in [2.05, 4.69) is 37.8 Å². The van der Waals surface area contributed by atoms with Gasteiger partial charge in [0, 0.05) is 44.8 Å². The topological polar surface area (TPSA) is 76.4 Å². The first kappa shape index (κ1) is 18.4. The average Bonchev–Trinajstić information content (AvgIpc) is 3.23. The highest BCUT2D eigenvalue weighted by Gasteiger charge is 2.05. The van der Waals surface area contributed by atoms with Gasteiger partial charge in [-0.25, -0.2) is 4.98 Å². The van der Waals surface area contributed by atoms with Gasteiger partial charge in [0.25, 0.3) is 0 Å². The number of nitrogens with one attached hydrogen (secondary N) is 2. The van der Waals surface area contributed by atoms with Gasteiger partial charge in [-0.15, -0.1) is 0 Å². The Kier molecular flexibility index (Phi) is 6.40. The molecule has 0 aliphatic heterocycles. The summed E-state index contributed by atoms with van der Waals surface area (Å²) in [4.78, 5) is 8.50. The van der Waals surface area contributed by atoms with E-state index >= 15 is 0 Å². The Morgan fingerprint density at radius 1 is 1.07 bits per heavy atom. The molecule has 0 fully saturated rings. The Bertz CT molecular complexity index is 858. The molecule has 0 saturated carbocycles. The smallest absolute Gasteiger partial charge is 0.212 e. The molecule has 7 nitrogen and oxygen atoms in total. The van der Waals surface area contributed by atoms with Gasteiger partial charge in [0.1, 0.15) is 0 Å². The van der Waals surface area contributed by atoms with Gasteiger partial charge in [-0.1, -0.05) is 30.3 Å². The molecule has 2 N–H and O–H groups in total. The zero-order chi connectivity index (χ0) is 18.9. The van der Waals surface area contributed by atoms with Gasteiger partial charge in [0.05, 0.1) is 13.7 Å². The predicted molar refractivity (Wildman–Crippen MR) is 106 cm³/mol. The van der Waals surface area contributed by atoms with E-state index in [1.165, 1.54) is 11.1 Å². The third-order valence-electron chi connectivity index (χ3n) is 4.15. The summed E-state index contributed by atoms with van der Waals surface area (Å²) in [7, 11) is 3.37. The van der Waals surface area contributed by atoms with Gasteiger partial charge >= 0.3 is 0 Å². The monoisotopic (exact) mass is 364 g/mol. The lowest BCUT2D eigenvalue weighted by Crippen LogP contribution is -2.36. The molecule has 0 aliphatic carbocycles. The van der Waals surface area contributed by atoms with Crippen LogP contribution in [0.5, 0.6) is 5.88 Å². The van der Waals surface area contributed by atoms with Crippen LogP contribution < -0.4 is 15.4 Å². The van der Waals surface area contributed by atoms with E-state index in [-0.39, 0.29) is 0 Å². The summed E-state index contributed by atoms with van der Waals surface area (Å²) in [5.41, 5.74) is 3.49. The minimum absolute atomic E-state index is 0.607. The molecule has 0 amide bonds. The van der Waals surface area contributed by atoms with Crippen LogP contribution in [0.4, 0.5) is 0 Å². The van der Waals surface area contributed by atoms with E-state index in [4.69, 9.17) is 4.74 Å². The van der Waals surface area contributed by atoms with Crippen molar-refractivity contribution in [2.45, 2.75) is 19.6 Å². The fourth-order valence-corrected chi connectivity index (χ4v) is 2.67. The number of benzene rings is 1. The van der Waals surface area contributed by atoms with Crippen LogP contribution >= 0.6 is 0 Å². The fourth-order valence-electron chi connectivity index (χ4n) is 2.67. The zero-order valence-corrected chi connectivity index (χ0v) is 15.6. The second kappa shape index (κ2) is 9.38. The van der Waals surface area contributed by atoms with E-state index in [0.717, 1.165) is 18.1 Å². The maximum absolute atomic E-state index is 5.08. The molecule has 0 bridgehead atoms. The molecule has 0 spiro atoms. The molecule has 2 aromatic heterocycles. The summed E-state index contributed by atoms with van der Waals surface area (Å²) in [6.45, 7) is 2.05. The molecule has 140 valence electrons. The highest BCUT2D eigenvalue weighted by atomic mass is 16.5. The van der Waals surface area contributed by atoms with Crippen molar-refractivity contribution in [2.24, 2.45) is 4.99 Å². The zero-order valence-electron chi connectivity index (χ0n) is 15.6. The lowest BCUT2D eigenvalue weighted by atomic mass is 10.1. The molecule has 3 rings (SSSR count). The van der Waals surface area contributed by atoms with Crippen molar-refractivity contribution >= 4 is 5.96 Å². The Labute approximate surface area is 159 Å². The van der Waals surface area contributed by atoms with Crippen molar-refractivity contribution < 1.29 is 4.74 Å². The molecular formula is C20H24N6O. The Morgan fingerprint density at radius 2 is 1.89 bits per heavy atom. The largest absolute Gasteiger partial charge is 0.481 e. The van der Waals surface area contributed by atoms with Gasteiger partial charge < -0.3 is 15.4 Å². The first-order chi connectivity index (χ1) is 13.3. The van der Waals surface area contributed by atoms with Crippen molar-refractivity contribution in [3.63, 3.8) is 0 Å². The van der Waals surface area contributed by atoms with Crippen molar-refractivity contribution in [1.82, 2.24) is 25.4 Å². The number of nitrogens with zero attached hydrogens (tertiary/aromatic N) is 4. The van der Waals surface area contributed by atoms with E-state index in [1.807, 2.05) is 41.2 Å². The van der Waals surface area contributed by atoms with Crippen molar-refractivity contribution in [3.05, 3.63) is 77.7 Å². The number of aromatic nitrogens is 3. The molecule has 0 aliphatic rings. The fraction of sp³-hybridized carbons (Fsp3) is 0.250. The molecule has 3 aromatic rings. The number of rotatable bonds is 7. The average molecular weight is 364 g/mol. The lowest BCUT2D eigenvalue weighted by molar-refractivity contribution is 0.397. The van der Waals surface area contributed by atoms with Gasteiger partial charge in [-0.2, -0.15) is 5.10 Å². The van der Waals surface area contributed by atoms with Crippen LogP contribution in [0, 0.1) is 0 Å². The Balaban J connectivity index is 1.56. The van der Waals surface area contributed by atoms with Gasteiger partial charge in [0.2, 0.25) is 5.88 Å². The highest BCUT2D eigenvalue weighted by Crippen LogP contribution is 2.10. The number of methoxy groups -OCH3 is 1. The number of hydrogen-bond acceptors (Lipinski definition) is 4. The normalized spacial score (nSPS) is 11.3. The van der Waals surface area contributed by atoms with Crippen molar-refractivity contribution in [2.75, 3.05) is 14.2 Å². The Hall–Kier alpha value is -3.35. The standard InChI is InChI=1S/C20H24N6O/c1-21-20(23-13-16-8-9-19(27-2)22-12-16)24-14-17-6-3-4-7-18(17)15-26-11-5-10-25-26/h3-12H,13-15H2,1-2H3,(H2,21,23,24). The number of aliphatic imine (C=N–C) groups is 1. The third kappa shape index (κ3) is 5.31. The van der Waals surface area contributed by atoms with Gasteiger partial charge in [-0.05, 0) is 22.8 Å². The van der Waals surface area contributed by atoms with Crippen LogP contribution in [0.3, 0.4) is 0 Å². The minimum atomic E-state index is 0.607. The summed E-state index contributed by atoms with van der Waals surface area (Å²) in [5.74, 6) is 1.34. The van der Waals surface area contributed by atoms with Crippen LogP contribution in [0.2, 0.25) is 0 Å². The quantitative estimate of drug-likeness (QED) is 0.496. The molecule has 1 aromatic carbocycles. The molecule has 2 heterocycles. The van der Waals surface area contributed by atoms with Crippen molar-refractivity contribution in [3.8, 4) is 5.88 Å². The summed E-state index contributed by atoms with van der Waals surface area (Å²) in [6, 6.07) is 14.1. The summed E-state index contributed by atoms with van der Waals surface area (Å²) >= 11 is 0. The lowest BCUT2D eigenvalue weighted by Gasteiger charge is -2.14. The van der Waals surface area contributed by atoms with E-state index in [0.29, 0.717) is 19.0 Å². The van der Waals surface area contributed by atoms with E-state index in [9.17, 15) is 0 Å². The summed E-state index contributed by atoms with van der Waals surface area (Å²) in [5, 5.41) is 10.9. The molecule has 0 radical (unpaired) electrons. The first-order valence-electron chi connectivity index (χ1n) is 8.76. The second-order valence-corrected chi connectivity index (χ2v) is 5.96. The van der Waals surface area contributed by atoms with E-state index < -0.39 is 0 Å². The molecule has 0 saturated heterocycles. The summed E-state index contributed by atoms with van der Waals surface area (Å²) < 4.78 is 7.00. The van der Waals surface area contributed by atoms with Crippen LogP contribution in [-0.2, 0) is 19.6 Å². The van der Waals surface area contributed by atoms with Crippen molar-refractivity contribution in [1.29, 1.82) is 0 Å².